The molecule has 0 aliphatic carbocycles. The van der Waals surface area contributed by atoms with Crippen LogP contribution in [0.25, 0.3) is 0 Å². The van der Waals surface area contributed by atoms with E-state index in [1.807, 2.05) is 20.2 Å². The van der Waals surface area contributed by atoms with Crippen LogP contribution in [0.5, 0.6) is 0 Å². The maximum Gasteiger partial charge on any atom is 0.222 e. The second kappa shape index (κ2) is 5.31. The van der Waals surface area contributed by atoms with Gasteiger partial charge in [-0.3, -0.25) is 0 Å². The highest BCUT2D eigenvalue weighted by Crippen LogP contribution is 2.22. The molecule has 0 radical (unpaired) electrons. The van der Waals surface area contributed by atoms with Crippen LogP contribution in [0.2, 0.25) is 0 Å². The Morgan fingerprint density at radius 1 is 1.29 bits per heavy atom. The van der Waals surface area contributed by atoms with Gasteiger partial charge in [-0.15, -0.1) is 0 Å². The Balaban J connectivity index is 2.76. The molecule has 1 rings (SSSR count). The number of nitrogens with zero attached hydrogens (tertiary/aromatic N) is 3. The van der Waals surface area contributed by atoms with Gasteiger partial charge in [0.1, 0.15) is 5.82 Å². The molecule has 0 atom stereocenters. The average Bonchev–Trinajstić information content (AvgIpc) is 2.14. The third kappa shape index (κ3) is 4.56. The fourth-order valence-corrected chi connectivity index (χ4v) is 1.35. The van der Waals surface area contributed by atoms with Crippen LogP contribution in [0.4, 0.5) is 11.8 Å². The SMILES string of the molecule is CN(C)CCNc1cc(C(C)(C)C)nc(N)n1. The molecule has 0 aromatic carbocycles. The molecule has 3 N–H and O–H groups in total. The van der Waals surface area contributed by atoms with Crippen molar-refractivity contribution in [2.45, 2.75) is 26.2 Å². The molecule has 5 heteroatoms. The first-order valence-corrected chi connectivity index (χ1v) is 5.82. The standard InChI is InChI=1S/C12H23N5/c1-12(2,3)9-8-10(16-11(13)15-9)14-6-7-17(4)5/h8H,6-7H2,1-5H3,(H3,13,14,15,16). The van der Waals surface area contributed by atoms with E-state index >= 15 is 0 Å². The van der Waals surface area contributed by atoms with Crippen molar-refractivity contribution in [3.8, 4) is 0 Å². The zero-order valence-electron chi connectivity index (χ0n) is 11.4. The van der Waals surface area contributed by atoms with Gasteiger partial charge in [0.25, 0.3) is 0 Å². The summed E-state index contributed by atoms with van der Waals surface area (Å²) < 4.78 is 0. The van der Waals surface area contributed by atoms with E-state index in [9.17, 15) is 0 Å². The van der Waals surface area contributed by atoms with Crippen LogP contribution in [0.1, 0.15) is 26.5 Å². The predicted molar refractivity (Wildman–Crippen MR) is 72.2 cm³/mol. The van der Waals surface area contributed by atoms with Gasteiger partial charge >= 0.3 is 0 Å². The van der Waals surface area contributed by atoms with Crippen molar-refractivity contribution in [1.82, 2.24) is 14.9 Å². The Hall–Kier alpha value is -1.36. The molecule has 1 aromatic rings. The Morgan fingerprint density at radius 2 is 1.94 bits per heavy atom. The fraction of sp³-hybridized carbons (Fsp3) is 0.667. The first-order chi connectivity index (χ1) is 7.79. The van der Waals surface area contributed by atoms with Crippen molar-refractivity contribution < 1.29 is 0 Å². The average molecular weight is 237 g/mol. The highest BCUT2D eigenvalue weighted by Gasteiger charge is 2.17. The van der Waals surface area contributed by atoms with Gasteiger partial charge in [0.15, 0.2) is 0 Å². The lowest BCUT2D eigenvalue weighted by Gasteiger charge is -2.19. The summed E-state index contributed by atoms with van der Waals surface area (Å²) in [6.07, 6.45) is 0. The van der Waals surface area contributed by atoms with Crippen LogP contribution < -0.4 is 11.1 Å². The van der Waals surface area contributed by atoms with Gasteiger partial charge < -0.3 is 16.0 Å². The summed E-state index contributed by atoms with van der Waals surface area (Å²) in [6.45, 7) is 8.12. The topological polar surface area (TPSA) is 67.1 Å². The first kappa shape index (κ1) is 13.7. The zero-order chi connectivity index (χ0) is 13.1. The molecular formula is C12H23N5. The molecule has 0 spiro atoms. The highest BCUT2D eigenvalue weighted by atomic mass is 15.1. The van der Waals surface area contributed by atoms with Crippen molar-refractivity contribution in [3.05, 3.63) is 11.8 Å². The maximum absolute atomic E-state index is 5.71. The summed E-state index contributed by atoms with van der Waals surface area (Å²) in [5.41, 5.74) is 6.65. The molecule has 0 fully saturated rings. The molecule has 0 aliphatic heterocycles. The second-order valence-corrected chi connectivity index (χ2v) is 5.48. The highest BCUT2D eigenvalue weighted by molar-refractivity contribution is 5.42. The van der Waals surface area contributed by atoms with E-state index in [0.29, 0.717) is 5.95 Å². The number of likely N-dealkylation sites (N-methyl/N-ethyl adjacent to an activating group) is 1. The summed E-state index contributed by atoms with van der Waals surface area (Å²) in [4.78, 5) is 10.6. The maximum atomic E-state index is 5.71. The molecule has 96 valence electrons. The minimum atomic E-state index is -0.0188. The largest absolute Gasteiger partial charge is 0.369 e. The summed E-state index contributed by atoms with van der Waals surface area (Å²) in [6, 6.07) is 1.96. The van der Waals surface area contributed by atoms with Gasteiger partial charge in [0.05, 0.1) is 5.69 Å². The number of hydrogen-bond acceptors (Lipinski definition) is 5. The summed E-state index contributed by atoms with van der Waals surface area (Å²) in [5.74, 6) is 1.12. The van der Waals surface area contributed by atoms with E-state index in [4.69, 9.17) is 5.73 Å². The van der Waals surface area contributed by atoms with E-state index in [1.165, 1.54) is 0 Å². The van der Waals surface area contributed by atoms with Crippen LogP contribution in [-0.2, 0) is 5.41 Å². The van der Waals surface area contributed by atoms with Crippen molar-refractivity contribution in [2.75, 3.05) is 38.2 Å². The Kier molecular flexibility index (Phi) is 4.28. The lowest BCUT2D eigenvalue weighted by Crippen LogP contribution is -2.22. The molecule has 1 heterocycles. The molecule has 0 aliphatic rings. The number of nitrogens with one attached hydrogen (secondary N) is 1. The zero-order valence-corrected chi connectivity index (χ0v) is 11.4. The molecule has 5 nitrogen and oxygen atoms in total. The normalized spacial score (nSPS) is 11.9. The van der Waals surface area contributed by atoms with Crippen LogP contribution >= 0.6 is 0 Å². The fourth-order valence-electron chi connectivity index (χ4n) is 1.35. The van der Waals surface area contributed by atoms with Crippen molar-refractivity contribution >= 4 is 11.8 Å². The van der Waals surface area contributed by atoms with E-state index < -0.39 is 0 Å². The number of aromatic nitrogens is 2. The second-order valence-electron chi connectivity index (χ2n) is 5.48. The minimum absolute atomic E-state index is 0.0188. The van der Waals surface area contributed by atoms with Gasteiger partial charge in [-0.25, -0.2) is 4.98 Å². The first-order valence-electron chi connectivity index (χ1n) is 5.82. The number of rotatable bonds is 4. The molecular weight excluding hydrogens is 214 g/mol. The molecule has 0 saturated heterocycles. The molecule has 0 amide bonds. The Bertz CT molecular complexity index is 368. The number of nitrogens with two attached hydrogens (primary N) is 1. The van der Waals surface area contributed by atoms with E-state index in [-0.39, 0.29) is 5.41 Å². The van der Waals surface area contributed by atoms with Gasteiger partial charge in [-0.2, -0.15) is 4.98 Å². The predicted octanol–water partition coefficient (Wildman–Crippen LogP) is 1.33. The van der Waals surface area contributed by atoms with E-state index in [2.05, 4.69) is 41.0 Å². The van der Waals surface area contributed by atoms with Crippen LogP contribution in [0, 0.1) is 0 Å². The monoisotopic (exact) mass is 237 g/mol. The Labute approximate surface area is 103 Å². The van der Waals surface area contributed by atoms with Gasteiger partial charge in [-0.05, 0) is 14.1 Å². The lowest BCUT2D eigenvalue weighted by atomic mass is 9.92. The third-order valence-electron chi connectivity index (χ3n) is 2.38. The van der Waals surface area contributed by atoms with Crippen LogP contribution in [0.3, 0.4) is 0 Å². The molecule has 0 unspecified atom stereocenters. The lowest BCUT2D eigenvalue weighted by molar-refractivity contribution is 0.425. The van der Waals surface area contributed by atoms with Gasteiger partial charge in [-0.1, -0.05) is 20.8 Å². The third-order valence-corrected chi connectivity index (χ3v) is 2.38. The van der Waals surface area contributed by atoms with Crippen molar-refractivity contribution in [2.24, 2.45) is 0 Å². The molecule has 17 heavy (non-hydrogen) atoms. The van der Waals surface area contributed by atoms with Crippen molar-refractivity contribution in [1.29, 1.82) is 0 Å². The summed E-state index contributed by atoms with van der Waals surface area (Å²) >= 11 is 0. The molecule has 1 aromatic heterocycles. The summed E-state index contributed by atoms with van der Waals surface area (Å²) in [5, 5.41) is 3.26. The summed E-state index contributed by atoms with van der Waals surface area (Å²) in [7, 11) is 4.08. The van der Waals surface area contributed by atoms with E-state index in [1.54, 1.807) is 0 Å². The number of anilines is 2. The van der Waals surface area contributed by atoms with E-state index in [0.717, 1.165) is 24.6 Å². The van der Waals surface area contributed by atoms with Crippen LogP contribution in [0.15, 0.2) is 6.07 Å². The van der Waals surface area contributed by atoms with Gasteiger partial charge in [0.2, 0.25) is 5.95 Å². The number of hydrogen-bond donors (Lipinski definition) is 2. The Morgan fingerprint density at radius 3 is 2.47 bits per heavy atom. The van der Waals surface area contributed by atoms with Gasteiger partial charge in [0, 0.05) is 24.6 Å². The minimum Gasteiger partial charge on any atom is -0.369 e. The van der Waals surface area contributed by atoms with Crippen molar-refractivity contribution in [3.63, 3.8) is 0 Å². The molecule has 0 bridgehead atoms. The number of nitrogen functional groups attached to an aromatic ring is 1. The van der Waals surface area contributed by atoms with Crippen LogP contribution in [-0.4, -0.2) is 42.1 Å². The molecule has 0 saturated carbocycles. The smallest absolute Gasteiger partial charge is 0.222 e. The quantitative estimate of drug-likeness (QED) is 0.827.